The van der Waals surface area contributed by atoms with Crippen LogP contribution in [0.3, 0.4) is 0 Å². The minimum Gasteiger partial charge on any atom is -0.481 e. The predicted molar refractivity (Wildman–Crippen MR) is 169 cm³/mol. The summed E-state index contributed by atoms with van der Waals surface area (Å²) in [6.45, 7) is 14.0. The lowest BCUT2D eigenvalue weighted by molar-refractivity contribution is -0.137. The van der Waals surface area contributed by atoms with Crippen molar-refractivity contribution < 1.29 is 19.7 Å². The summed E-state index contributed by atoms with van der Waals surface area (Å²) in [7, 11) is -1.19. The molecule has 0 aliphatic heterocycles. The molecule has 2 N–H and O–H groups in total. The fourth-order valence-electron chi connectivity index (χ4n) is 5.02. The third kappa shape index (κ3) is 8.46. The highest BCUT2D eigenvalue weighted by Crippen LogP contribution is 2.32. The van der Waals surface area contributed by atoms with Gasteiger partial charge < -0.3 is 19.5 Å². The summed E-state index contributed by atoms with van der Waals surface area (Å²) >= 11 is 0. The highest BCUT2D eigenvalue weighted by molar-refractivity contribution is 6.76. The first-order chi connectivity index (χ1) is 20.4. The minimum absolute atomic E-state index is 0.0289. The van der Waals surface area contributed by atoms with Crippen molar-refractivity contribution in [2.24, 2.45) is 0 Å². The van der Waals surface area contributed by atoms with E-state index in [9.17, 15) is 15.0 Å². The Balaban J connectivity index is 1.60. The number of rotatable bonds is 15. The van der Waals surface area contributed by atoms with Crippen LogP contribution in [0.25, 0.3) is 22.5 Å². The number of nitrogens with zero attached hydrogens (tertiary/aromatic N) is 6. The van der Waals surface area contributed by atoms with Crippen molar-refractivity contribution in [3.8, 4) is 22.5 Å². The number of imidazole rings is 1. The lowest BCUT2D eigenvalue weighted by Gasteiger charge is -2.18. The van der Waals surface area contributed by atoms with Gasteiger partial charge in [-0.1, -0.05) is 75.1 Å². The van der Waals surface area contributed by atoms with Crippen LogP contribution in [0.5, 0.6) is 0 Å². The topological polar surface area (TPSA) is 128 Å². The molecule has 11 heteroatoms. The summed E-state index contributed by atoms with van der Waals surface area (Å²) in [5.74, 6) is 0.629. The third-order valence-corrected chi connectivity index (χ3v) is 9.00. The van der Waals surface area contributed by atoms with Crippen molar-refractivity contribution in [3.05, 3.63) is 71.3 Å². The largest absolute Gasteiger partial charge is 0.481 e. The van der Waals surface area contributed by atoms with E-state index in [2.05, 4.69) is 77.0 Å². The van der Waals surface area contributed by atoms with E-state index in [-0.39, 0.29) is 6.42 Å². The summed E-state index contributed by atoms with van der Waals surface area (Å²) in [6.07, 6.45) is 1.89. The van der Waals surface area contributed by atoms with E-state index in [1.54, 1.807) is 18.5 Å². The molecule has 0 unspecified atom stereocenters. The van der Waals surface area contributed by atoms with Gasteiger partial charge in [-0.2, -0.15) is 4.68 Å². The van der Waals surface area contributed by atoms with Crippen LogP contribution in [0.2, 0.25) is 25.7 Å². The molecule has 2 heterocycles. The number of aromatic nitrogens is 6. The van der Waals surface area contributed by atoms with E-state index in [1.165, 1.54) is 0 Å². The van der Waals surface area contributed by atoms with Crippen molar-refractivity contribution in [2.75, 3.05) is 6.61 Å². The number of carbonyl (C=O) groups is 1. The number of carboxylic acids is 1. The molecule has 4 rings (SSSR count). The van der Waals surface area contributed by atoms with Crippen LogP contribution in [0.4, 0.5) is 0 Å². The first-order valence-electron chi connectivity index (χ1n) is 14.9. The normalized spacial score (nSPS) is 12.2. The van der Waals surface area contributed by atoms with Crippen LogP contribution in [0.1, 0.15) is 56.4 Å². The predicted octanol–water partition coefficient (Wildman–Crippen LogP) is 5.76. The summed E-state index contributed by atoms with van der Waals surface area (Å²) in [6, 6.07) is 17.4. The second-order valence-corrected chi connectivity index (χ2v) is 18.3. The molecule has 0 spiro atoms. The van der Waals surface area contributed by atoms with Crippen molar-refractivity contribution in [3.63, 3.8) is 0 Å². The Morgan fingerprint density at radius 2 is 1.72 bits per heavy atom. The maximum absolute atomic E-state index is 11.4. The zero-order valence-electron chi connectivity index (χ0n) is 26.2. The van der Waals surface area contributed by atoms with E-state index >= 15 is 0 Å². The average Bonchev–Trinajstić information content (AvgIpc) is 3.55. The number of hydrogen-bond donors (Lipinski definition) is 2. The molecular weight excluding hydrogens is 560 g/mol. The van der Waals surface area contributed by atoms with E-state index < -0.39 is 19.6 Å². The number of hydrogen-bond acceptors (Lipinski definition) is 7. The average molecular weight is 605 g/mol. The molecule has 2 aromatic carbocycles. The molecular formula is C32H44N6O4Si. The fourth-order valence-corrected chi connectivity index (χ4v) is 5.78. The number of benzene rings is 2. The Labute approximate surface area is 254 Å². The van der Waals surface area contributed by atoms with Gasteiger partial charge in [0.25, 0.3) is 0 Å². The van der Waals surface area contributed by atoms with Crippen LogP contribution in [0, 0.1) is 0 Å². The summed E-state index contributed by atoms with van der Waals surface area (Å²) < 4.78 is 9.70. The van der Waals surface area contributed by atoms with Crippen LogP contribution in [0.15, 0.2) is 48.5 Å². The number of carboxylic acid groups (broad SMARTS) is 1. The molecule has 0 radical (unpaired) electrons. The highest BCUT2D eigenvalue weighted by atomic mass is 28.3. The molecule has 0 atom stereocenters. The van der Waals surface area contributed by atoms with Crippen molar-refractivity contribution in [1.29, 1.82) is 0 Å². The second kappa shape index (κ2) is 13.7. The van der Waals surface area contributed by atoms with Crippen LogP contribution in [-0.2, 0) is 41.2 Å². The summed E-state index contributed by atoms with van der Waals surface area (Å²) in [5, 5.41) is 32.6. The van der Waals surface area contributed by atoms with Crippen LogP contribution < -0.4 is 0 Å². The maximum atomic E-state index is 11.4. The molecule has 0 aliphatic carbocycles. The first-order valence-corrected chi connectivity index (χ1v) is 18.6. The molecule has 4 aromatic rings. The molecule has 230 valence electrons. The Kier molecular flexibility index (Phi) is 10.3. The molecule has 2 aromatic heterocycles. The summed E-state index contributed by atoms with van der Waals surface area (Å²) in [5.41, 5.74) is 4.14. The monoisotopic (exact) mass is 604 g/mol. The standard InChI is InChI=1S/C32H44N6O4Si/c1-7-10-28-33-30(32(2,3)41)27(17-18-29(39)40)37(28)21-23-13-15-24(16-14-23)25-11-8-9-12-26(25)31-34-35-36-38(31)22-42-19-20-43(4,5)6/h8-9,11-16,41H,7,10,17-22H2,1-6H3,(H,39,40). The van der Waals surface area contributed by atoms with E-state index in [0.29, 0.717) is 37.8 Å². The van der Waals surface area contributed by atoms with Gasteiger partial charge in [0.15, 0.2) is 5.82 Å². The van der Waals surface area contributed by atoms with Gasteiger partial charge in [-0.3, -0.25) is 4.79 Å². The van der Waals surface area contributed by atoms with Gasteiger partial charge in [0, 0.05) is 45.3 Å². The van der Waals surface area contributed by atoms with Crippen LogP contribution in [-0.4, -0.2) is 60.6 Å². The van der Waals surface area contributed by atoms with Gasteiger partial charge in [0.2, 0.25) is 0 Å². The van der Waals surface area contributed by atoms with Gasteiger partial charge in [-0.25, -0.2) is 4.98 Å². The molecule has 0 fully saturated rings. The number of aliphatic carboxylic acids is 1. The summed E-state index contributed by atoms with van der Waals surface area (Å²) in [4.78, 5) is 16.2. The van der Waals surface area contributed by atoms with Gasteiger partial charge in [-0.15, -0.1) is 5.10 Å². The zero-order valence-corrected chi connectivity index (χ0v) is 27.2. The quantitative estimate of drug-likeness (QED) is 0.129. The molecule has 0 aliphatic rings. The molecule has 0 saturated carbocycles. The van der Waals surface area contributed by atoms with E-state index in [0.717, 1.165) is 52.7 Å². The van der Waals surface area contributed by atoms with Gasteiger partial charge >= 0.3 is 5.97 Å². The van der Waals surface area contributed by atoms with Crippen molar-refractivity contribution in [2.45, 2.75) is 91.0 Å². The Morgan fingerprint density at radius 3 is 2.35 bits per heavy atom. The minimum atomic E-state index is -1.19. The highest BCUT2D eigenvalue weighted by Gasteiger charge is 2.28. The number of tetrazole rings is 1. The molecule has 0 bridgehead atoms. The number of aryl methyl sites for hydroxylation is 1. The van der Waals surface area contributed by atoms with Crippen molar-refractivity contribution >= 4 is 14.0 Å². The molecule has 43 heavy (non-hydrogen) atoms. The number of ether oxygens (including phenoxy) is 1. The fraction of sp³-hybridized carbons (Fsp3) is 0.469. The molecule has 0 saturated heterocycles. The lowest BCUT2D eigenvalue weighted by atomic mass is 9.98. The molecule has 0 amide bonds. The lowest BCUT2D eigenvalue weighted by Crippen LogP contribution is -2.22. The maximum Gasteiger partial charge on any atom is 0.303 e. The number of aliphatic hydroxyl groups is 1. The molecule has 10 nitrogen and oxygen atoms in total. The second-order valence-electron chi connectivity index (χ2n) is 12.7. The third-order valence-electron chi connectivity index (χ3n) is 7.30. The van der Waals surface area contributed by atoms with E-state index in [4.69, 9.17) is 9.72 Å². The zero-order chi connectivity index (χ0) is 31.2. The van der Waals surface area contributed by atoms with Crippen molar-refractivity contribution in [1.82, 2.24) is 29.8 Å². The van der Waals surface area contributed by atoms with Gasteiger partial charge in [0.1, 0.15) is 18.2 Å². The smallest absolute Gasteiger partial charge is 0.303 e. The van der Waals surface area contributed by atoms with Gasteiger partial charge in [-0.05, 0) is 53.4 Å². The van der Waals surface area contributed by atoms with Gasteiger partial charge in [0.05, 0.1) is 12.1 Å². The van der Waals surface area contributed by atoms with E-state index in [1.807, 2.05) is 18.2 Å². The Bertz CT molecular complexity index is 1520. The SMILES string of the molecule is CCCc1nc(C(C)(C)O)c(CCC(=O)O)n1Cc1ccc(-c2ccccc2-c2nnnn2COCC[Si](C)(C)C)cc1. The Morgan fingerprint density at radius 1 is 1.02 bits per heavy atom. The first kappa shape index (κ1) is 32.2. The Hall–Kier alpha value is -3.67. The van der Waals surface area contributed by atoms with Crippen LogP contribution >= 0.6 is 0 Å².